The monoisotopic (exact) mass is 261 g/mol. The molecule has 3 nitrogen and oxygen atoms in total. The van der Waals surface area contributed by atoms with Gasteiger partial charge in [0.2, 0.25) is 5.91 Å². The first-order valence-corrected chi connectivity index (χ1v) is 6.42. The van der Waals surface area contributed by atoms with E-state index in [1.807, 2.05) is 0 Å². The molecule has 1 aromatic carbocycles. The van der Waals surface area contributed by atoms with Gasteiger partial charge in [0.05, 0.1) is 12.2 Å². The second-order valence-corrected chi connectivity index (χ2v) is 4.44. The van der Waals surface area contributed by atoms with E-state index in [0.29, 0.717) is 30.6 Å². The highest BCUT2D eigenvalue weighted by Crippen LogP contribution is 2.22. The van der Waals surface area contributed by atoms with Gasteiger partial charge in [-0.05, 0) is 31.0 Å². The highest BCUT2D eigenvalue weighted by Gasteiger charge is 2.20. The smallest absolute Gasteiger partial charge is 0.226 e. The predicted octanol–water partition coefficient (Wildman–Crippen LogP) is 2.08. The van der Waals surface area contributed by atoms with E-state index in [9.17, 15) is 9.18 Å². The van der Waals surface area contributed by atoms with Crippen molar-refractivity contribution in [1.82, 2.24) is 0 Å². The molecule has 0 spiro atoms. The lowest BCUT2D eigenvalue weighted by atomic mass is 10.1. The summed E-state index contributed by atoms with van der Waals surface area (Å²) in [4.78, 5) is 13.4. The third-order valence-corrected chi connectivity index (χ3v) is 3.05. The molecule has 100 valence electrons. The number of aliphatic hydroxyl groups excluding tert-OH is 1. The number of piperidine rings is 1. The van der Waals surface area contributed by atoms with Crippen LogP contribution < -0.4 is 4.90 Å². The molecule has 1 heterocycles. The first-order chi connectivity index (χ1) is 9.22. The number of anilines is 1. The number of carbonyl (C=O) groups excluding carboxylic acids is 1. The van der Waals surface area contributed by atoms with Crippen LogP contribution in [0.25, 0.3) is 0 Å². The van der Waals surface area contributed by atoms with Gasteiger partial charge in [0, 0.05) is 25.1 Å². The molecule has 19 heavy (non-hydrogen) atoms. The van der Waals surface area contributed by atoms with Crippen molar-refractivity contribution < 1.29 is 14.3 Å². The Morgan fingerprint density at radius 3 is 2.89 bits per heavy atom. The fourth-order valence-electron chi connectivity index (χ4n) is 2.07. The van der Waals surface area contributed by atoms with E-state index in [1.54, 1.807) is 17.0 Å². The van der Waals surface area contributed by atoms with Gasteiger partial charge >= 0.3 is 0 Å². The highest BCUT2D eigenvalue weighted by atomic mass is 19.1. The van der Waals surface area contributed by atoms with Crippen LogP contribution in [0, 0.1) is 17.7 Å². The van der Waals surface area contributed by atoms with Crippen LogP contribution in [0.1, 0.15) is 31.2 Å². The van der Waals surface area contributed by atoms with E-state index in [4.69, 9.17) is 5.11 Å². The number of hydrogen-bond acceptors (Lipinski definition) is 2. The third kappa shape index (κ3) is 3.33. The summed E-state index contributed by atoms with van der Waals surface area (Å²) < 4.78 is 13.9. The maximum absolute atomic E-state index is 13.9. The van der Waals surface area contributed by atoms with Crippen LogP contribution in [-0.2, 0) is 4.79 Å². The number of nitrogens with zero attached hydrogens (tertiary/aromatic N) is 1. The van der Waals surface area contributed by atoms with Gasteiger partial charge in [-0.2, -0.15) is 0 Å². The molecule has 1 aliphatic rings. The maximum Gasteiger partial charge on any atom is 0.226 e. The van der Waals surface area contributed by atoms with Crippen LogP contribution in [-0.4, -0.2) is 24.2 Å². The minimum absolute atomic E-state index is 0.0328. The van der Waals surface area contributed by atoms with Crippen LogP contribution in [0.15, 0.2) is 18.2 Å². The zero-order valence-electron chi connectivity index (χ0n) is 10.7. The Morgan fingerprint density at radius 2 is 2.21 bits per heavy atom. The fourth-order valence-corrected chi connectivity index (χ4v) is 2.07. The number of amides is 1. The standard InChI is InChI=1S/C15H16FNO2/c16-14-11-13(17-9-3-1-6-15(17)19)8-7-12(14)5-2-4-10-18/h7-8,11,18H,1,3-4,6,9-10H2. The minimum atomic E-state index is -0.429. The SMILES string of the molecule is O=C1CCCCN1c1ccc(C#CCCO)c(F)c1. The van der Waals surface area contributed by atoms with E-state index >= 15 is 0 Å². The van der Waals surface area contributed by atoms with Crippen molar-refractivity contribution in [1.29, 1.82) is 0 Å². The summed E-state index contributed by atoms with van der Waals surface area (Å²) in [6.07, 6.45) is 2.71. The molecule has 1 fully saturated rings. The van der Waals surface area contributed by atoms with Crippen LogP contribution in [0.2, 0.25) is 0 Å². The highest BCUT2D eigenvalue weighted by molar-refractivity contribution is 5.94. The van der Waals surface area contributed by atoms with Crippen molar-refractivity contribution in [3.05, 3.63) is 29.6 Å². The molecule has 1 saturated heterocycles. The van der Waals surface area contributed by atoms with Gasteiger partial charge in [-0.15, -0.1) is 0 Å². The molecular formula is C15H16FNO2. The van der Waals surface area contributed by atoms with Gasteiger partial charge in [0.1, 0.15) is 5.82 Å². The van der Waals surface area contributed by atoms with Crippen LogP contribution in [0.5, 0.6) is 0 Å². The number of rotatable bonds is 2. The largest absolute Gasteiger partial charge is 0.395 e. The zero-order chi connectivity index (χ0) is 13.7. The number of benzene rings is 1. The Hall–Kier alpha value is -1.86. The molecule has 0 unspecified atom stereocenters. The summed E-state index contributed by atoms with van der Waals surface area (Å²) >= 11 is 0. The quantitative estimate of drug-likeness (QED) is 0.828. The van der Waals surface area contributed by atoms with Gasteiger partial charge in [-0.3, -0.25) is 4.79 Å². The molecule has 0 bridgehead atoms. The number of halogens is 1. The van der Waals surface area contributed by atoms with Crippen molar-refractivity contribution in [3.8, 4) is 11.8 Å². The number of hydrogen-bond donors (Lipinski definition) is 1. The van der Waals surface area contributed by atoms with E-state index in [1.165, 1.54) is 6.07 Å². The first-order valence-electron chi connectivity index (χ1n) is 6.42. The van der Waals surface area contributed by atoms with Crippen molar-refractivity contribution in [3.63, 3.8) is 0 Å². The van der Waals surface area contributed by atoms with Crippen LogP contribution in [0.4, 0.5) is 10.1 Å². The average Bonchev–Trinajstić information content (AvgIpc) is 2.41. The fraction of sp³-hybridized carbons (Fsp3) is 0.400. The Balaban J connectivity index is 2.19. The van der Waals surface area contributed by atoms with E-state index in [2.05, 4.69) is 11.8 Å². The van der Waals surface area contributed by atoms with Crippen molar-refractivity contribution in [2.75, 3.05) is 18.1 Å². The number of aliphatic hydroxyl groups is 1. The van der Waals surface area contributed by atoms with Crippen molar-refractivity contribution in [2.45, 2.75) is 25.7 Å². The molecule has 1 aromatic rings. The minimum Gasteiger partial charge on any atom is -0.395 e. The lowest BCUT2D eigenvalue weighted by Gasteiger charge is -2.26. The summed E-state index contributed by atoms with van der Waals surface area (Å²) in [7, 11) is 0. The predicted molar refractivity (Wildman–Crippen MR) is 71.2 cm³/mol. The zero-order valence-corrected chi connectivity index (χ0v) is 10.7. The molecule has 1 N–H and O–H groups in total. The summed E-state index contributed by atoms with van der Waals surface area (Å²) in [5.41, 5.74) is 0.886. The summed E-state index contributed by atoms with van der Waals surface area (Å²) in [5, 5.41) is 8.62. The van der Waals surface area contributed by atoms with Gasteiger partial charge in [0.25, 0.3) is 0 Å². The second kappa shape index (κ2) is 6.35. The molecule has 4 heteroatoms. The Kier molecular flexibility index (Phi) is 4.53. The molecule has 1 amide bonds. The molecule has 0 aliphatic carbocycles. The lowest BCUT2D eigenvalue weighted by Crippen LogP contribution is -2.35. The topological polar surface area (TPSA) is 40.5 Å². The van der Waals surface area contributed by atoms with E-state index < -0.39 is 5.82 Å². The Labute approximate surface area is 112 Å². The third-order valence-electron chi connectivity index (χ3n) is 3.05. The average molecular weight is 261 g/mol. The maximum atomic E-state index is 13.9. The van der Waals surface area contributed by atoms with E-state index in [0.717, 1.165) is 12.8 Å². The Morgan fingerprint density at radius 1 is 1.37 bits per heavy atom. The summed E-state index contributed by atoms with van der Waals surface area (Å²) in [6, 6.07) is 4.65. The summed E-state index contributed by atoms with van der Waals surface area (Å²) in [6.45, 7) is 0.614. The molecule has 0 saturated carbocycles. The number of carbonyl (C=O) groups is 1. The molecule has 0 radical (unpaired) electrons. The van der Waals surface area contributed by atoms with E-state index in [-0.39, 0.29) is 12.5 Å². The molecule has 0 aromatic heterocycles. The van der Waals surface area contributed by atoms with Crippen molar-refractivity contribution >= 4 is 11.6 Å². The normalized spacial score (nSPS) is 15.1. The van der Waals surface area contributed by atoms with Gasteiger partial charge in [-0.1, -0.05) is 11.8 Å². The first kappa shape index (κ1) is 13.6. The molecular weight excluding hydrogens is 245 g/mol. The van der Waals surface area contributed by atoms with Crippen molar-refractivity contribution in [2.24, 2.45) is 0 Å². The summed E-state index contributed by atoms with van der Waals surface area (Å²) in [5.74, 6) is 4.96. The van der Waals surface area contributed by atoms with Crippen LogP contribution in [0.3, 0.4) is 0 Å². The van der Waals surface area contributed by atoms with Gasteiger partial charge in [-0.25, -0.2) is 4.39 Å². The second-order valence-electron chi connectivity index (χ2n) is 4.44. The van der Waals surface area contributed by atoms with Gasteiger partial charge < -0.3 is 10.0 Å². The Bertz CT molecular complexity index is 531. The van der Waals surface area contributed by atoms with Gasteiger partial charge in [0.15, 0.2) is 0 Å². The molecule has 2 rings (SSSR count). The lowest BCUT2D eigenvalue weighted by molar-refractivity contribution is -0.119. The molecule has 1 aliphatic heterocycles. The van der Waals surface area contributed by atoms with Crippen LogP contribution >= 0.6 is 0 Å². The molecule has 0 atom stereocenters.